The zero-order chi connectivity index (χ0) is 24.8. The van der Waals surface area contributed by atoms with E-state index >= 15 is 0 Å². The van der Waals surface area contributed by atoms with Crippen LogP contribution in [0.1, 0.15) is 45.8 Å². The smallest absolute Gasteiger partial charge is 0.251 e. The number of benzene rings is 2. The minimum atomic E-state index is -0.374. The van der Waals surface area contributed by atoms with Crippen molar-refractivity contribution in [1.29, 1.82) is 0 Å². The number of nitrogens with zero attached hydrogens (tertiary/aromatic N) is 3. The van der Waals surface area contributed by atoms with Crippen LogP contribution in [0.25, 0.3) is 0 Å². The van der Waals surface area contributed by atoms with E-state index in [1.165, 1.54) is 11.8 Å². The van der Waals surface area contributed by atoms with Gasteiger partial charge in [0, 0.05) is 21.4 Å². The number of rotatable bonds is 9. The zero-order valence-electron chi connectivity index (χ0n) is 19.7. The molecule has 0 aliphatic carbocycles. The molecule has 3 aromatic rings. The van der Waals surface area contributed by atoms with Gasteiger partial charge in [-0.05, 0) is 85.7 Å². The van der Waals surface area contributed by atoms with Crippen molar-refractivity contribution in [2.45, 2.75) is 45.4 Å². The van der Waals surface area contributed by atoms with Crippen molar-refractivity contribution in [3.63, 3.8) is 0 Å². The van der Waals surface area contributed by atoms with Crippen LogP contribution in [0.2, 0.25) is 0 Å². The molecule has 0 unspecified atom stereocenters. The Balaban J connectivity index is 1.69. The first-order valence-electron chi connectivity index (χ1n) is 10.8. The average Bonchev–Trinajstić information content (AvgIpc) is 3.17. The molecule has 0 radical (unpaired) electrons. The van der Waals surface area contributed by atoms with E-state index < -0.39 is 0 Å². The summed E-state index contributed by atoms with van der Waals surface area (Å²) >= 11 is 3.57. The lowest BCUT2D eigenvalue weighted by atomic mass is 10.1. The highest BCUT2D eigenvalue weighted by molar-refractivity contribution is 14.1. The summed E-state index contributed by atoms with van der Waals surface area (Å²) in [5.41, 5.74) is 4.50. The van der Waals surface area contributed by atoms with Gasteiger partial charge in [0.25, 0.3) is 5.91 Å². The first kappa shape index (κ1) is 26.0. The molecule has 3 rings (SSSR count). The second-order valence-electron chi connectivity index (χ2n) is 8.06. The lowest BCUT2D eigenvalue weighted by Gasteiger charge is -2.15. The molecule has 178 valence electrons. The van der Waals surface area contributed by atoms with E-state index in [1.807, 2.05) is 62.6 Å². The third kappa shape index (κ3) is 6.47. The van der Waals surface area contributed by atoms with Crippen molar-refractivity contribution in [1.82, 2.24) is 20.1 Å². The molecule has 1 heterocycles. The van der Waals surface area contributed by atoms with Gasteiger partial charge < -0.3 is 15.2 Å². The maximum atomic E-state index is 12.7. The lowest BCUT2D eigenvalue weighted by molar-refractivity contribution is -0.113. The van der Waals surface area contributed by atoms with Crippen LogP contribution in [0.3, 0.4) is 0 Å². The minimum Gasteiger partial charge on any atom is -0.342 e. The second kappa shape index (κ2) is 11.7. The van der Waals surface area contributed by atoms with Crippen molar-refractivity contribution in [3.8, 4) is 0 Å². The van der Waals surface area contributed by atoms with Crippen LogP contribution in [-0.4, -0.2) is 32.3 Å². The molecule has 1 atom stereocenters. The molecule has 2 amide bonds. The van der Waals surface area contributed by atoms with Crippen molar-refractivity contribution >= 4 is 51.9 Å². The first-order chi connectivity index (χ1) is 16.2. The molecule has 0 fully saturated rings. The third-order valence-electron chi connectivity index (χ3n) is 5.17. The highest BCUT2D eigenvalue weighted by Crippen LogP contribution is 2.25. The number of carbonyl (C=O) groups is 2. The highest BCUT2D eigenvalue weighted by Gasteiger charge is 2.21. The van der Waals surface area contributed by atoms with Crippen LogP contribution in [0.15, 0.2) is 54.2 Å². The van der Waals surface area contributed by atoms with Crippen LogP contribution in [-0.2, 0) is 11.3 Å². The number of hydrogen-bond acceptors (Lipinski definition) is 5. The summed E-state index contributed by atoms with van der Waals surface area (Å²) < 4.78 is 3.00. The van der Waals surface area contributed by atoms with Gasteiger partial charge in [-0.3, -0.25) is 9.59 Å². The van der Waals surface area contributed by atoms with E-state index in [-0.39, 0.29) is 23.6 Å². The number of thioether (sulfide) groups is 1. The van der Waals surface area contributed by atoms with Gasteiger partial charge in [-0.1, -0.05) is 35.5 Å². The molecule has 7 nitrogen and oxygen atoms in total. The molecule has 0 aliphatic heterocycles. The lowest BCUT2D eigenvalue weighted by Crippen LogP contribution is -2.29. The van der Waals surface area contributed by atoms with Crippen LogP contribution >= 0.6 is 34.4 Å². The van der Waals surface area contributed by atoms with Gasteiger partial charge in [-0.25, -0.2) is 0 Å². The van der Waals surface area contributed by atoms with Gasteiger partial charge in [-0.2, -0.15) is 0 Å². The van der Waals surface area contributed by atoms with Crippen molar-refractivity contribution < 1.29 is 9.59 Å². The number of allylic oxidation sites excluding steroid dienone is 1. The number of halogens is 1. The molecule has 2 N–H and O–H groups in total. The summed E-state index contributed by atoms with van der Waals surface area (Å²) in [4.78, 5) is 25.3. The fraction of sp³-hybridized carbons (Fsp3) is 0.280. The van der Waals surface area contributed by atoms with Crippen LogP contribution in [0, 0.1) is 24.3 Å². The van der Waals surface area contributed by atoms with E-state index in [0.717, 1.165) is 25.9 Å². The van der Waals surface area contributed by atoms with Crippen LogP contribution in [0.4, 0.5) is 5.69 Å². The maximum Gasteiger partial charge on any atom is 0.251 e. The van der Waals surface area contributed by atoms with Crippen molar-refractivity contribution in [3.05, 3.63) is 80.7 Å². The van der Waals surface area contributed by atoms with Gasteiger partial charge in [0.05, 0.1) is 11.8 Å². The number of aryl methyl sites for hydroxylation is 3. The maximum absolute atomic E-state index is 12.7. The molecular weight excluding hydrogens is 561 g/mol. The van der Waals surface area contributed by atoms with E-state index in [0.29, 0.717) is 23.1 Å². The number of nitrogens with one attached hydrogen (secondary N) is 2. The monoisotopic (exact) mass is 589 g/mol. The zero-order valence-corrected chi connectivity index (χ0v) is 22.7. The van der Waals surface area contributed by atoms with E-state index in [1.54, 1.807) is 12.1 Å². The molecule has 0 saturated carbocycles. The number of carbonyl (C=O) groups excluding carboxylic acids is 2. The average molecular weight is 590 g/mol. The van der Waals surface area contributed by atoms with Crippen molar-refractivity contribution in [2.24, 2.45) is 0 Å². The molecule has 0 aliphatic rings. The standard InChI is InChI=1S/C25H28IN5O2S/c1-6-10-31-23(18(5)27-24(33)19-9-7-8-15(2)11-19)29-30-25(31)34-14-21(32)28-22-16(3)12-20(26)13-17(22)4/h6-9,11-13,18H,1,10,14H2,2-5H3,(H,27,33)(H,28,32)/t18-/m1/s1. The predicted octanol–water partition coefficient (Wildman–Crippen LogP) is 5.22. The van der Waals surface area contributed by atoms with Gasteiger partial charge in [0.1, 0.15) is 0 Å². The highest BCUT2D eigenvalue weighted by atomic mass is 127. The number of amides is 2. The summed E-state index contributed by atoms with van der Waals surface area (Å²) in [6.45, 7) is 12.1. The normalized spacial score (nSPS) is 11.7. The Morgan fingerprint density at radius 2 is 1.88 bits per heavy atom. The molecular formula is C25H28IN5O2S. The van der Waals surface area contributed by atoms with E-state index in [4.69, 9.17) is 0 Å². The van der Waals surface area contributed by atoms with Crippen LogP contribution in [0.5, 0.6) is 0 Å². The second-order valence-corrected chi connectivity index (χ2v) is 10.2. The Hall–Kier alpha value is -2.66. The minimum absolute atomic E-state index is 0.118. The van der Waals surface area contributed by atoms with Gasteiger partial charge in [0.15, 0.2) is 11.0 Å². The number of anilines is 1. The Bertz CT molecular complexity index is 1200. The topological polar surface area (TPSA) is 88.9 Å². The summed E-state index contributed by atoms with van der Waals surface area (Å²) in [7, 11) is 0. The molecule has 0 bridgehead atoms. The largest absolute Gasteiger partial charge is 0.342 e. The number of aromatic nitrogens is 3. The fourth-order valence-electron chi connectivity index (χ4n) is 3.57. The molecule has 0 saturated heterocycles. The first-order valence-corrected chi connectivity index (χ1v) is 12.9. The fourth-order valence-corrected chi connectivity index (χ4v) is 5.26. The van der Waals surface area contributed by atoms with Gasteiger partial charge in [-0.15, -0.1) is 16.8 Å². The van der Waals surface area contributed by atoms with Gasteiger partial charge in [0.2, 0.25) is 5.91 Å². The summed E-state index contributed by atoms with van der Waals surface area (Å²) in [5, 5.41) is 15.2. The molecule has 1 aromatic heterocycles. The molecule has 2 aromatic carbocycles. The Kier molecular flexibility index (Phi) is 8.90. The predicted molar refractivity (Wildman–Crippen MR) is 145 cm³/mol. The molecule has 9 heteroatoms. The summed E-state index contributed by atoms with van der Waals surface area (Å²) in [6, 6.07) is 11.1. The van der Waals surface area contributed by atoms with E-state index in [2.05, 4.69) is 50.0 Å². The van der Waals surface area contributed by atoms with E-state index in [9.17, 15) is 9.59 Å². The van der Waals surface area contributed by atoms with Gasteiger partial charge >= 0.3 is 0 Å². The quantitative estimate of drug-likeness (QED) is 0.203. The third-order valence-corrected chi connectivity index (χ3v) is 6.76. The summed E-state index contributed by atoms with van der Waals surface area (Å²) in [6.07, 6.45) is 1.74. The molecule has 34 heavy (non-hydrogen) atoms. The van der Waals surface area contributed by atoms with Crippen molar-refractivity contribution in [2.75, 3.05) is 11.1 Å². The molecule has 0 spiro atoms. The Labute approximate surface area is 218 Å². The SMILES string of the molecule is C=CCn1c(SCC(=O)Nc2c(C)cc(I)cc2C)nnc1[C@@H](C)NC(=O)c1cccc(C)c1. The van der Waals surface area contributed by atoms with Crippen LogP contribution < -0.4 is 10.6 Å². The Morgan fingerprint density at radius 3 is 2.53 bits per heavy atom. The Morgan fingerprint density at radius 1 is 1.18 bits per heavy atom. The number of hydrogen-bond donors (Lipinski definition) is 2. The summed E-state index contributed by atoms with van der Waals surface area (Å²) in [5.74, 6) is 0.492.